The highest BCUT2D eigenvalue weighted by atomic mass is 16.4. The molecule has 0 aliphatic heterocycles. The van der Waals surface area contributed by atoms with Gasteiger partial charge < -0.3 is 10.4 Å². The van der Waals surface area contributed by atoms with Crippen molar-refractivity contribution < 1.29 is 14.7 Å². The Morgan fingerprint density at radius 3 is 2.52 bits per heavy atom. The molecule has 116 valence electrons. The Balaban J connectivity index is 2.06. The second-order valence-corrected chi connectivity index (χ2v) is 5.91. The lowest BCUT2D eigenvalue weighted by Crippen LogP contribution is -2.40. The van der Waals surface area contributed by atoms with E-state index in [4.69, 9.17) is 0 Å². The third-order valence-electron chi connectivity index (χ3n) is 4.30. The van der Waals surface area contributed by atoms with E-state index in [1.807, 2.05) is 27.1 Å². The zero-order chi connectivity index (χ0) is 15.6. The Morgan fingerprint density at radius 2 is 2.00 bits per heavy atom. The van der Waals surface area contributed by atoms with Crippen molar-refractivity contribution in [3.05, 3.63) is 17.5 Å². The number of nitrogens with one attached hydrogen (secondary N) is 1. The molecule has 21 heavy (non-hydrogen) atoms. The van der Waals surface area contributed by atoms with Crippen molar-refractivity contribution in [1.29, 1.82) is 0 Å². The van der Waals surface area contributed by atoms with Gasteiger partial charge in [-0.2, -0.15) is 5.10 Å². The molecule has 2 rings (SSSR count). The SMILES string of the molecule is Cc1nn(C)cc1[C@H](C)NC(=O)[C@@H]1CCCC[C@@H]1C(=O)O. The van der Waals surface area contributed by atoms with Crippen molar-refractivity contribution in [3.63, 3.8) is 0 Å². The molecular weight excluding hydrogens is 270 g/mol. The molecule has 1 saturated carbocycles. The minimum atomic E-state index is -0.861. The molecular formula is C15H23N3O3. The van der Waals surface area contributed by atoms with Gasteiger partial charge in [-0.1, -0.05) is 12.8 Å². The molecule has 1 amide bonds. The highest BCUT2D eigenvalue weighted by molar-refractivity contribution is 5.85. The fourth-order valence-electron chi connectivity index (χ4n) is 3.18. The van der Waals surface area contributed by atoms with Gasteiger partial charge in [0.15, 0.2) is 0 Å². The number of aromatic nitrogens is 2. The first-order chi connectivity index (χ1) is 9.90. The summed E-state index contributed by atoms with van der Waals surface area (Å²) in [7, 11) is 1.84. The largest absolute Gasteiger partial charge is 0.481 e. The summed E-state index contributed by atoms with van der Waals surface area (Å²) in [4.78, 5) is 23.7. The summed E-state index contributed by atoms with van der Waals surface area (Å²) in [5.74, 6) is -1.99. The molecule has 0 unspecified atom stereocenters. The van der Waals surface area contributed by atoms with E-state index in [9.17, 15) is 14.7 Å². The van der Waals surface area contributed by atoms with Crippen molar-refractivity contribution in [3.8, 4) is 0 Å². The van der Waals surface area contributed by atoms with E-state index in [-0.39, 0.29) is 11.9 Å². The highest BCUT2D eigenvalue weighted by Gasteiger charge is 2.36. The number of nitrogens with zero attached hydrogens (tertiary/aromatic N) is 2. The molecule has 2 N–H and O–H groups in total. The van der Waals surface area contributed by atoms with Crippen LogP contribution in [0.5, 0.6) is 0 Å². The molecule has 1 aromatic heterocycles. The molecule has 3 atom stereocenters. The van der Waals surface area contributed by atoms with Crippen LogP contribution in [0.3, 0.4) is 0 Å². The summed E-state index contributed by atoms with van der Waals surface area (Å²) in [6.45, 7) is 3.80. The van der Waals surface area contributed by atoms with Crippen molar-refractivity contribution in [2.24, 2.45) is 18.9 Å². The van der Waals surface area contributed by atoms with Crippen LogP contribution in [0.25, 0.3) is 0 Å². The first-order valence-electron chi connectivity index (χ1n) is 7.43. The minimum absolute atomic E-state index is 0.155. The number of carboxylic acids is 1. The number of carbonyl (C=O) groups excluding carboxylic acids is 1. The van der Waals surface area contributed by atoms with Gasteiger partial charge in [-0.15, -0.1) is 0 Å². The Morgan fingerprint density at radius 1 is 1.38 bits per heavy atom. The fraction of sp³-hybridized carbons (Fsp3) is 0.667. The number of amides is 1. The Labute approximate surface area is 124 Å². The van der Waals surface area contributed by atoms with Gasteiger partial charge in [-0.3, -0.25) is 14.3 Å². The zero-order valence-corrected chi connectivity index (χ0v) is 12.8. The number of aliphatic carboxylic acids is 1. The van der Waals surface area contributed by atoms with Gasteiger partial charge in [0.05, 0.1) is 23.6 Å². The average molecular weight is 293 g/mol. The van der Waals surface area contributed by atoms with Crippen LogP contribution in [0.2, 0.25) is 0 Å². The molecule has 1 fully saturated rings. The highest BCUT2D eigenvalue weighted by Crippen LogP contribution is 2.31. The van der Waals surface area contributed by atoms with Crippen molar-refractivity contribution in [2.45, 2.75) is 45.6 Å². The lowest BCUT2D eigenvalue weighted by Gasteiger charge is -2.28. The van der Waals surface area contributed by atoms with E-state index < -0.39 is 17.8 Å². The van der Waals surface area contributed by atoms with Gasteiger partial charge in [0, 0.05) is 18.8 Å². The summed E-state index contributed by atoms with van der Waals surface area (Å²) in [6.07, 6.45) is 4.94. The van der Waals surface area contributed by atoms with Gasteiger partial charge in [-0.25, -0.2) is 0 Å². The maximum atomic E-state index is 12.4. The fourth-order valence-corrected chi connectivity index (χ4v) is 3.18. The molecule has 0 radical (unpaired) electrons. The zero-order valence-electron chi connectivity index (χ0n) is 12.8. The molecule has 0 spiro atoms. The number of carboxylic acid groups (broad SMARTS) is 1. The van der Waals surface area contributed by atoms with E-state index in [1.54, 1.807) is 4.68 Å². The van der Waals surface area contributed by atoms with Crippen LogP contribution in [-0.2, 0) is 16.6 Å². The summed E-state index contributed by atoms with van der Waals surface area (Å²) in [6, 6.07) is -0.164. The Kier molecular flexibility index (Phi) is 4.65. The summed E-state index contributed by atoms with van der Waals surface area (Å²) >= 11 is 0. The third-order valence-corrected chi connectivity index (χ3v) is 4.30. The molecule has 0 aromatic carbocycles. The molecule has 1 heterocycles. The third kappa shape index (κ3) is 3.43. The predicted molar refractivity (Wildman–Crippen MR) is 77.6 cm³/mol. The van der Waals surface area contributed by atoms with Crippen molar-refractivity contribution in [1.82, 2.24) is 15.1 Å². The van der Waals surface area contributed by atoms with Crippen LogP contribution in [0.1, 0.15) is 49.9 Å². The number of carbonyl (C=O) groups is 2. The van der Waals surface area contributed by atoms with Crippen molar-refractivity contribution >= 4 is 11.9 Å². The maximum Gasteiger partial charge on any atom is 0.307 e. The molecule has 0 bridgehead atoms. The van der Waals surface area contributed by atoms with Crippen molar-refractivity contribution in [2.75, 3.05) is 0 Å². The van der Waals surface area contributed by atoms with Crippen LogP contribution in [0, 0.1) is 18.8 Å². The average Bonchev–Trinajstić information content (AvgIpc) is 2.77. The molecule has 6 nitrogen and oxygen atoms in total. The first-order valence-corrected chi connectivity index (χ1v) is 7.43. The molecule has 0 saturated heterocycles. The standard InChI is InChI=1S/C15H23N3O3/c1-9(13-8-18(3)17-10(13)2)16-14(19)11-6-4-5-7-12(11)15(20)21/h8-9,11-12H,4-7H2,1-3H3,(H,16,19)(H,20,21)/t9-,11+,12-/m0/s1. The molecule has 1 aliphatic rings. The molecule has 1 aliphatic carbocycles. The van der Waals surface area contributed by atoms with E-state index in [0.717, 1.165) is 24.1 Å². The molecule has 6 heteroatoms. The second kappa shape index (κ2) is 6.28. The van der Waals surface area contributed by atoms with E-state index in [0.29, 0.717) is 12.8 Å². The number of aryl methyl sites for hydroxylation is 2. The van der Waals surface area contributed by atoms with Crippen LogP contribution in [0.15, 0.2) is 6.20 Å². The van der Waals surface area contributed by atoms with Gasteiger partial charge in [0.1, 0.15) is 0 Å². The quantitative estimate of drug-likeness (QED) is 0.886. The second-order valence-electron chi connectivity index (χ2n) is 5.91. The Bertz CT molecular complexity index is 538. The number of hydrogen-bond acceptors (Lipinski definition) is 3. The van der Waals surface area contributed by atoms with Gasteiger partial charge in [0.25, 0.3) is 0 Å². The van der Waals surface area contributed by atoms with E-state index >= 15 is 0 Å². The lowest BCUT2D eigenvalue weighted by molar-refractivity contribution is -0.149. The Hall–Kier alpha value is -1.85. The van der Waals surface area contributed by atoms with Crippen LogP contribution in [0.4, 0.5) is 0 Å². The lowest BCUT2D eigenvalue weighted by atomic mass is 9.78. The van der Waals surface area contributed by atoms with Gasteiger partial charge in [0.2, 0.25) is 5.91 Å². The predicted octanol–water partition coefficient (Wildman–Crippen LogP) is 1.80. The van der Waals surface area contributed by atoms with E-state index in [2.05, 4.69) is 10.4 Å². The summed E-state index contributed by atoms with van der Waals surface area (Å²) in [5, 5.41) is 16.5. The van der Waals surface area contributed by atoms with Crippen LogP contribution < -0.4 is 5.32 Å². The normalized spacial score (nSPS) is 23.6. The van der Waals surface area contributed by atoms with Gasteiger partial charge in [-0.05, 0) is 26.7 Å². The van der Waals surface area contributed by atoms with Crippen LogP contribution >= 0.6 is 0 Å². The summed E-state index contributed by atoms with van der Waals surface area (Å²) < 4.78 is 1.72. The van der Waals surface area contributed by atoms with Crippen LogP contribution in [-0.4, -0.2) is 26.8 Å². The molecule has 1 aromatic rings. The topological polar surface area (TPSA) is 84.2 Å². The minimum Gasteiger partial charge on any atom is -0.481 e. The van der Waals surface area contributed by atoms with Gasteiger partial charge >= 0.3 is 5.97 Å². The summed E-state index contributed by atoms with van der Waals surface area (Å²) in [5.41, 5.74) is 1.84. The van der Waals surface area contributed by atoms with E-state index in [1.165, 1.54) is 0 Å². The smallest absolute Gasteiger partial charge is 0.307 e. The first kappa shape index (κ1) is 15.5. The maximum absolute atomic E-state index is 12.4. The number of rotatable bonds is 4. The monoisotopic (exact) mass is 293 g/mol. The number of hydrogen-bond donors (Lipinski definition) is 2.